The topological polar surface area (TPSA) is 93.1 Å². The molecule has 0 bridgehead atoms. The van der Waals surface area contributed by atoms with Crippen molar-refractivity contribution in [1.29, 1.82) is 0 Å². The Hall–Kier alpha value is -0.350. The van der Waals surface area contributed by atoms with Crippen molar-refractivity contribution in [2.24, 2.45) is 0 Å². The van der Waals surface area contributed by atoms with Gasteiger partial charge in [-0.2, -0.15) is 0 Å². The van der Waals surface area contributed by atoms with Gasteiger partial charge in [0.2, 0.25) is 0 Å². The van der Waals surface area contributed by atoms with E-state index in [-0.39, 0.29) is 6.61 Å². The van der Waals surface area contributed by atoms with Crippen LogP contribution in [0.4, 0.5) is 0 Å². The molecule has 0 rings (SSSR count). The molecule has 22 heavy (non-hydrogen) atoms. The molecule has 0 aromatic carbocycles. The maximum absolute atomic E-state index is 11.2. The molecule has 0 aliphatic carbocycles. The molecule has 0 heterocycles. The Morgan fingerprint density at radius 2 is 1.86 bits per heavy atom. The molecule has 2 N–H and O–H groups in total. The molecule has 0 aliphatic rings. The molecular weight excluding hydrogens is 326 g/mol. The summed E-state index contributed by atoms with van der Waals surface area (Å²) in [5.74, 6) is -0.725. The first-order valence-electron chi connectivity index (χ1n) is 7.19. The Balaban J connectivity index is 3.59. The smallest absolute Gasteiger partial charge is 0.377 e. The standard InChI is InChI=1S/C14H26O6P2/c1-13(2)6-4-7-14(3)8-11-19-9-5-10-20-21(15)12-22(16,17)18/h6,8H,4-5,7,9-12H2,1-3H3,(H-,16,17,18)/p+1/b14-8+. The van der Waals surface area contributed by atoms with E-state index < -0.39 is 21.5 Å². The van der Waals surface area contributed by atoms with Gasteiger partial charge in [-0.1, -0.05) is 23.3 Å². The van der Waals surface area contributed by atoms with E-state index in [2.05, 4.69) is 26.8 Å². The number of rotatable bonds is 12. The van der Waals surface area contributed by atoms with Crippen molar-refractivity contribution in [3.05, 3.63) is 23.3 Å². The third-order valence-corrected chi connectivity index (χ3v) is 5.48. The molecule has 0 aromatic rings. The lowest BCUT2D eigenvalue weighted by Crippen LogP contribution is -1.99. The maximum atomic E-state index is 11.2. The largest absolute Gasteiger partial charge is 0.521 e. The summed E-state index contributed by atoms with van der Waals surface area (Å²) in [6, 6.07) is 0. The second-order valence-corrected chi connectivity index (χ2v) is 8.66. The third-order valence-electron chi connectivity index (χ3n) is 2.61. The van der Waals surface area contributed by atoms with Crippen LogP contribution >= 0.6 is 15.6 Å². The van der Waals surface area contributed by atoms with Crippen LogP contribution in [0.15, 0.2) is 23.3 Å². The first-order valence-corrected chi connectivity index (χ1v) is 10.4. The summed E-state index contributed by atoms with van der Waals surface area (Å²) in [6.45, 7) is 7.37. The number of hydrogen-bond donors (Lipinski definition) is 2. The molecule has 0 spiro atoms. The van der Waals surface area contributed by atoms with Gasteiger partial charge in [0.05, 0.1) is 6.61 Å². The van der Waals surface area contributed by atoms with Gasteiger partial charge in [0.1, 0.15) is 6.61 Å². The average molecular weight is 353 g/mol. The predicted molar refractivity (Wildman–Crippen MR) is 88.3 cm³/mol. The van der Waals surface area contributed by atoms with E-state index in [1.807, 2.05) is 6.08 Å². The van der Waals surface area contributed by atoms with Gasteiger partial charge in [-0.15, -0.1) is 4.52 Å². The van der Waals surface area contributed by atoms with E-state index in [1.165, 1.54) is 11.1 Å². The minimum Gasteiger partial charge on any atom is -0.377 e. The minimum atomic E-state index is -4.27. The molecule has 0 aromatic heterocycles. The average Bonchev–Trinajstić information content (AvgIpc) is 2.35. The number of allylic oxidation sites excluding steroid dienone is 3. The predicted octanol–water partition coefficient (Wildman–Crippen LogP) is 3.98. The highest BCUT2D eigenvalue weighted by molar-refractivity contribution is 7.64. The second-order valence-electron chi connectivity index (χ2n) is 5.27. The van der Waals surface area contributed by atoms with E-state index in [9.17, 15) is 9.13 Å². The van der Waals surface area contributed by atoms with Crippen LogP contribution in [0.1, 0.15) is 40.0 Å². The Kier molecular flexibility index (Phi) is 11.9. The lowest BCUT2D eigenvalue weighted by molar-refractivity contribution is 0.144. The first-order chi connectivity index (χ1) is 10.2. The van der Waals surface area contributed by atoms with Crippen molar-refractivity contribution in [3.8, 4) is 0 Å². The van der Waals surface area contributed by atoms with Crippen molar-refractivity contribution >= 4 is 15.6 Å². The van der Waals surface area contributed by atoms with E-state index in [0.29, 0.717) is 19.6 Å². The number of hydrogen-bond acceptors (Lipinski definition) is 4. The van der Waals surface area contributed by atoms with Crippen LogP contribution in [0, 0.1) is 0 Å². The van der Waals surface area contributed by atoms with Crippen LogP contribution in [0.5, 0.6) is 0 Å². The van der Waals surface area contributed by atoms with Crippen molar-refractivity contribution < 1.29 is 28.2 Å². The van der Waals surface area contributed by atoms with Gasteiger partial charge in [0.25, 0.3) is 5.90 Å². The molecule has 6 nitrogen and oxygen atoms in total. The zero-order chi connectivity index (χ0) is 17.0. The van der Waals surface area contributed by atoms with Crippen molar-refractivity contribution in [2.45, 2.75) is 40.0 Å². The highest BCUT2D eigenvalue weighted by Gasteiger charge is 2.30. The Morgan fingerprint density at radius 1 is 1.18 bits per heavy atom. The van der Waals surface area contributed by atoms with Gasteiger partial charge in [-0.05, 0) is 44.6 Å². The third kappa shape index (κ3) is 16.0. The lowest BCUT2D eigenvalue weighted by atomic mass is 10.1. The Bertz CT molecular complexity index is 435. The summed E-state index contributed by atoms with van der Waals surface area (Å²) in [5.41, 5.74) is 2.60. The molecular formula is C14H27O6P2+. The van der Waals surface area contributed by atoms with Crippen LogP contribution in [0.25, 0.3) is 0 Å². The zero-order valence-electron chi connectivity index (χ0n) is 13.5. The zero-order valence-corrected chi connectivity index (χ0v) is 15.3. The first kappa shape index (κ1) is 21.6. The summed E-state index contributed by atoms with van der Waals surface area (Å²) in [6.07, 6.45) is 6.82. The van der Waals surface area contributed by atoms with Gasteiger partial charge in [0, 0.05) is 6.61 Å². The quantitative estimate of drug-likeness (QED) is 0.313. The molecule has 1 atom stereocenters. The van der Waals surface area contributed by atoms with E-state index in [0.717, 1.165) is 12.8 Å². The fraction of sp³-hybridized carbons (Fsp3) is 0.714. The highest BCUT2D eigenvalue weighted by atomic mass is 31.2. The summed E-state index contributed by atoms with van der Waals surface area (Å²) in [5, 5.41) is 0. The molecule has 0 saturated carbocycles. The van der Waals surface area contributed by atoms with E-state index in [4.69, 9.17) is 19.0 Å². The number of ether oxygens (including phenoxy) is 1. The summed E-state index contributed by atoms with van der Waals surface area (Å²) in [4.78, 5) is 17.2. The lowest BCUT2D eigenvalue weighted by Gasteiger charge is -2.01. The molecule has 0 saturated heterocycles. The van der Waals surface area contributed by atoms with Crippen molar-refractivity contribution in [3.63, 3.8) is 0 Å². The molecule has 0 fully saturated rings. The van der Waals surface area contributed by atoms with E-state index in [1.54, 1.807) is 0 Å². The highest BCUT2D eigenvalue weighted by Crippen LogP contribution is 2.45. The van der Waals surface area contributed by atoms with Gasteiger partial charge < -0.3 is 14.5 Å². The Morgan fingerprint density at radius 3 is 2.45 bits per heavy atom. The normalized spacial score (nSPS) is 13.1. The fourth-order valence-corrected chi connectivity index (χ4v) is 3.36. The molecule has 0 aliphatic heterocycles. The van der Waals surface area contributed by atoms with Gasteiger partial charge in [-0.3, -0.25) is 4.57 Å². The van der Waals surface area contributed by atoms with Gasteiger partial charge in [-0.25, -0.2) is 0 Å². The summed E-state index contributed by atoms with van der Waals surface area (Å²) < 4.78 is 32.0. The fourth-order valence-electron chi connectivity index (χ4n) is 1.49. The van der Waals surface area contributed by atoms with Crippen LogP contribution in [0.2, 0.25) is 0 Å². The SMILES string of the molecule is CC(C)=CCC/C(C)=C/COCCCO[P+](=O)CP(=O)(O)O. The van der Waals surface area contributed by atoms with Crippen LogP contribution < -0.4 is 0 Å². The minimum absolute atomic E-state index is 0.165. The van der Waals surface area contributed by atoms with Crippen LogP contribution in [-0.4, -0.2) is 35.5 Å². The summed E-state index contributed by atoms with van der Waals surface area (Å²) in [7, 11) is -6.57. The van der Waals surface area contributed by atoms with Crippen LogP contribution in [-0.2, 0) is 18.4 Å². The van der Waals surface area contributed by atoms with E-state index >= 15 is 0 Å². The van der Waals surface area contributed by atoms with Gasteiger partial charge in [0.15, 0.2) is 0 Å². The summed E-state index contributed by atoms with van der Waals surface area (Å²) >= 11 is 0. The molecule has 0 amide bonds. The molecule has 128 valence electrons. The maximum Gasteiger partial charge on any atom is 0.521 e. The second kappa shape index (κ2) is 12.1. The molecule has 8 heteroatoms. The molecule has 0 radical (unpaired) electrons. The van der Waals surface area contributed by atoms with Crippen molar-refractivity contribution in [2.75, 3.05) is 25.7 Å². The van der Waals surface area contributed by atoms with Crippen LogP contribution in [0.3, 0.4) is 0 Å². The van der Waals surface area contributed by atoms with Crippen molar-refractivity contribution in [1.82, 2.24) is 0 Å². The molecule has 1 unspecified atom stereocenters. The monoisotopic (exact) mass is 353 g/mol. The van der Waals surface area contributed by atoms with Gasteiger partial charge >= 0.3 is 15.6 Å². The Labute approximate surface area is 133 Å².